The van der Waals surface area contributed by atoms with Crippen molar-refractivity contribution in [3.63, 3.8) is 0 Å². The third-order valence-corrected chi connectivity index (χ3v) is 5.07. The summed E-state index contributed by atoms with van der Waals surface area (Å²) in [6.45, 7) is 6.05. The zero-order valence-electron chi connectivity index (χ0n) is 17.1. The maximum Gasteiger partial charge on any atom is 0.340 e. The maximum atomic E-state index is 12.7. The number of fused-ring (bicyclic) bond motifs is 1. The van der Waals surface area contributed by atoms with E-state index < -0.39 is 5.97 Å². The van der Waals surface area contributed by atoms with Crippen LogP contribution in [0.1, 0.15) is 46.9 Å². The third-order valence-electron chi connectivity index (χ3n) is 5.07. The molecule has 5 nitrogen and oxygen atoms in total. The molecular formula is C24H26N2O3. The summed E-state index contributed by atoms with van der Waals surface area (Å²) in [5.41, 5.74) is 3.97. The molecule has 1 amide bonds. The summed E-state index contributed by atoms with van der Waals surface area (Å²) in [5, 5.41) is 3.74. The van der Waals surface area contributed by atoms with Crippen LogP contribution in [0.4, 0.5) is 0 Å². The molecule has 150 valence electrons. The van der Waals surface area contributed by atoms with E-state index in [2.05, 4.69) is 10.3 Å². The van der Waals surface area contributed by atoms with Gasteiger partial charge in [0.15, 0.2) is 6.61 Å². The van der Waals surface area contributed by atoms with Crippen molar-refractivity contribution in [2.75, 3.05) is 13.2 Å². The summed E-state index contributed by atoms with van der Waals surface area (Å²) in [4.78, 5) is 29.5. The SMILES string of the molecule is CCc1nc2ccccc2c(C)c1C(=O)OCC(=O)NC[C@@H](C)c1ccccc1. The number of para-hydroxylation sites is 1. The summed E-state index contributed by atoms with van der Waals surface area (Å²) < 4.78 is 5.31. The Morgan fingerprint density at radius 3 is 2.48 bits per heavy atom. The van der Waals surface area contributed by atoms with Crippen molar-refractivity contribution in [3.8, 4) is 0 Å². The van der Waals surface area contributed by atoms with Gasteiger partial charge in [-0.25, -0.2) is 4.79 Å². The smallest absolute Gasteiger partial charge is 0.340 e. The lowest BCUT2D eigenvalue weighted by atomic mass is 10.0. The Bertz CT molecular complexity index is 1020. The standard InChI is InChI=1S/C24H26N2O3/c1-4-20-23(17(3)19-12-8-9-13-21(19)26-20)24(28)29-15-22(27)25-14-16(2)18-10-6-5-7-11-18/h5-13,16H,4,14-15H2,1-3H3,(H,25,27)/t16-/m1/s1. The molecule has 0 saturated carbocycles. The molecule has 5 heteroatoms. The molecule has 3 aromatic rings. The first-order chi connectivity index (χ1) is 14.0. The van der Waals surface area contributed by atoms with Crippen LogP contribution in [0.25, 0.3) is 10.9 Å². The van der Waals surface area contributed by atoms with E-state index in [0.29, 0.717) is 24.2 Å². The van der Waals surface area contributed by atoms with Gasteiger partial charge in [0, 0.05) is 11.9 Å². The number of hydrogen-bond donors (Lipinski definition) is 1. The minimum atomic E-state index is -0.510. The highest BCUT2D eigenvalue weighted by Gasteiger charge is 2.20. The van der Waals surface area contributed by atoms with Gasteiger partial charge in [-0.15, -0.1) is 0 Å². The number of ether oxygens (including phenoxy) is 1. The molecule has 0 bridgehead atoms. The Morgan fingerprint density at radius 2 is 1.76 bits per heavy atom. The van der Waals surface area contributed by atoms with Crippen LogP contribution in [0.2, 0.25) is 0 Å². The largest absolute Gasteiger partial charge is 0.452 e. The number of amides is 1. The Morgan fingerprint density at radius 1 is 1.07 bits per heavy atom. The van der Waals surface area contributed by atoms with Crippen molar-refractivity contribution in [1.82, 2.24) is 10.3 Å². The number of pyridine rings is 1. The van der Waals surface area contributed by atoms with Gasteiger partial charge in [0.25, 0.3) is 5.91 Å². The van der Waals surface area contributed by atoms with Crippen LogP contribution < -0.4 is 5.32 Å². The number of aromatic nitrogens is 1. The fraction of sp³-hybridized carbons (Fsp3) is 0.292. The Balaban J connectivity index is 1.63. The summed E-state index contributed by atoms with van der Waals surface area (Å²) in [6, 6.07) is 17.7. The van der Waals surface area contributed by atoms with E-state index in [-0.39, 0.29) is 18.4 Å². The summed E-state index contributed by atoms with van der Waals surface area (Å²) in [6.07, 6.45) is 0.608. The highest BCUT2D eigenvalue weighted by atomic mass is 16.5. The zero-order chi connectivity index (χ0) is 20.8. The molecule has 0 radical (unpaired) electrons. The van der Waals surface area contributed by atoms with E-state index in [0.717, 1.165) is 22.0 Å². The number of aryl methyl sites for hydroxylation is 2. The van der Waals surface area contributed by atoms with Crippen molar-refractivity contribution in [3.05, 3.63) is 77.0 Å². The van der Waals surface area contributed by atoms with Crippen LogP contribution in [0.15, 0.2) is 54.6 Å². The maximum absolute atomic E-state index is 12.7. The average molecular weight is 390 g/mol. The molecule has 29 heavy (non-hydrogen) atoms. The summed E-state index contributed by atoms with van der Waals surface area (Å²) >= 11 is 0. The second kappa shape index (κ2) is 9.32. The number of esters is 1. The second-order valence-corrected chi connectivity index (χ2v) is 7.12. The van der Waals surface area contributed by atoms with E-state index in [4.69, 9.17) is 4.74 Å². The highest BCUT2D eigenvalue weighted by Crippen LogP contribution is 2.24. The first kappa shape index (κ1) is 20.5. The Hall–Kier alpha value is -3.21. The predicted octanol–water partition coefficient (Wildman–Crippen LogP) is 4.18. The molecule has 0 aliphatic rings. The first-order valence-corrected chi connectivity index (χ1v) is 9.88. The molecule has 3 rings (SSSR count). The van der Waals surface area contributed by atoms with E-state index >= 15 is 0 Å². The van der Waals surface area contributed by atoms with Crippen molar-refractivity contribution < 1.29 is 14.3 Å². The number of carbonyl (C=O) groups is 2. The van der Waals surface area contributed by atoms with Crippen LogP contribution in [-0.2, 0) is 16.0 Å². The predicted molar refractivity (Wildman–Crippen MR) is 114 cm³/mol. The summed E-state index contributed by atoms with van der Waals surface area (Å²) in [5.74, 6) is -0.649. The number of hydrogen-bond acceptors (Lipinski definition) is 4. The Kier molecular flexibility index (Phi) is 6.60. The lowest BCUT2D eigenvalue weighted by Crippen LogP contribution is -2.32. The van der Waals surface area contributed by atoms with Gasteiger partial charge in [-0.05, 0) is 36.5 Å². The van der Waals surface area contributed by atoms with Gasteiger partial charge in [0.2, 0.25) is 0 Å². The number of nitrogens with one attached hydrogen (secondary N) is 1. The van der Waals surface area contributed by atoms with Crippen LogP contribution in [0.5, 0.6) is 0 Å². The number of benzene rings is 2. The van der Waals surface area contributed by atoms with Gasteiger partial charge >= 0.3 is 5.97 Å². The van der Waals surface area contributed by atoms with Gasteiger partial charge in [0.05, 0.1) is 16.8 Å². The van der Waals surface area contributed by atoms with Crippen molar-refractivity contribution in [1.29, 1.82) is 0 Å². The molecule has 0 unspecified atom stereocenters. The lowest BCUT2D eigenvalue weighted by Gasteiger charge is -2.15. The monoisotopic (exact) mass is 390 g/mol. The Labute approximate surface area is 171 Å². The minimum absolute atomic E-state index is 0.175. The first-order valence-electron chi connectivity index (χ1n) is 9.88. The van der Waals surface area contributed by atoms with E-state index in [1.54, 1.807) is 0 Å². The van der Waals surface area contributed by atoms with Crippen LogP contribution >= 0.6 is 0 Å². The molecule has 1 aromatic heterocycles. The van der Waals surface area contributed by atoms with Crippen molar-refractivity contribution in [2.24, 2.45) is 0 Å². The van der Waals surface area contributed by atoms with Crippen LogP contribution in [-0.4, -0.2) is 30.0 Å². The van der Waals surface area contributed by atoms with Gasteiger partial charge in [0.1, 0.15) is 0 Å². The molecule has 1 N–H and O–H groups in total. The quantitative estimate of drug-likeness (QED) is 0.615. The normalized spacial score (nSPS) is 11.8. The van der Waals surface area contributed by atoms with Crippen LogP contribution in [0, 0.1) is 6.92 Å². The lowest BCUT2D eigenvalue weighted by molar-refractivity contribution is -0.124. The van der Waals surface area contributed by atoms with E-state index in [1.807, 2.05) is 75.4 Å². The molecule has 0 saturated heterocycles. The number of nitrogens with zero attached hydrogens (tertiary/aromatic N) is 1. The molecule has 1 atom stereocenters. The average Bonchev–Trinajstić information content (AvgIpc) is 2.76. The molecule has 0 fully saturated rings. The highest BCUT2D eigenvalue weighted by molar-refractivity contribution is 5.99. The van der Waals surface area contributed by atoms with Gasteiger partial charge < -0.3 is 10.1 Å². The topological polar surface area (TPSA) is 68.3 Å². The van der Waals surface area contributed by atoms with E-state index in [9.17, 15) is 9.59 Å². The van der Waals surface area contributed by atoms with Gasteiger partial charge in [-0.3, -0.25) is 9.78 Å². The zero-order valence-corrected chi connectivity index (χ0v) is 17.1. The second-order valence-electron chi connectivity index (χ2n) is 7.12. The summed E-state index contributed by atoms with van der Waals surface area (Å²) in [7, 11) is 0. The molecule has 0 spiro atoms. The minimum Gasteiger partial charge on any atom is -0.452 e. The molecular weight excluding hydrogens is 364 g/mol. The molecule has 0 aliphatic heterocycles. The van der Waals surface area contributed by atoms with Gasteiger partial charge in [-0.1, -0.05) is 62.4 Å². The van der Waals surface area contributed by atoms with Crippen molar-refractivity contribution in [2.45, 2.75) is 33.1 Å². The van der Waals surface area contributed by atoms with E-state index in [1.165, 1.54) is 0 Å². The van der Waals surface area contributed by atoms with Gasteiger partial charge in [-0.2, -0.15) is 0 Å². The molecule has 0 aliphatic carbocycles. The van der Waals surface area contributed by atoms with Crippen molar-refractivity contribution >= 4 is 22.8 Å². The number of rotatable bonds is 7. The number of carbonyl (C=O) groups excluding carboxylic acids is 2. The fourth-order valence-corrected chi connectivity index (χ4v) is 3.39. The van der Waals surface area contributed by atoms with Crippen LogP contribution in [0.3, 0.4) is 0 Å². The molecule has 1 heterocycles. The fourth-order valence-electron chi connectivity index (χ4n) is 3.39. The third kappa shape index (κ3) is 4.80. The molecule has 2 aromatic carbocycles.